The number of rotatable bonds is 3. The maximum atomic E-state index is 11.8. The van der Waals surface area contributed by atoms with Crippen LogP contribution in [0, 0.1) is 0 Å². The molecular formula is C11H13Cl2N3O2. The lowest BCUT2D eigenvalue weighted by atomic mass is 10.3. The maximum Gasteiger partial charge on any atom is 0.328 e. The number of nitrogens with zero attached hydrogens (tertiary/aromatic N) is 1. The lowest BCUT2D eigenvalue weighted by Crippen LogP contribution is -2.41. The molecule has 0 aliphatic carbocycles. The van der Waals surface area contributed by atoms with Crippen molar-refractivity contribution < 1.29 is 9.59 Å². The minimum Gasteiger partial charge on any atom is -0.329 e. The minimum atomic E-state index is -0.586. The number of carbonyl (C=O) groups is 2. The van der Waals surface area contributed by atoms with Crippen molar-refractivity contribution >= 4 is 40.8 Å². The van der Waals surface area contributed by atoms with Crippen LogP contribution in [0.5, 0.6) is 0 Å². The second-order valence-electron chi connectivity index (χ2n) is 3.51. The van der Waals surface area contributed by atoms with Crippen LogP contribution in [0.2, 0.25) is 10.0 Å². The predicted molar refractivity (Wildman–Crippen MR) is 71.9 cm³/mol. The number of nitrogens with one attached hydrogen (secondary N) is 1. The Morgan fingerprint density at radius 3 is 2.61 bits per heavy atom. The number of halogens is 2. The Labute approximate surface area is 115 Å². The van der Waals surface area contributed by atoms with Crippen LogP contribution in [-0.4, -0.2) is 29.9 Å². The third kappa shape index (κ3) is 3.87. The first-order valence-corrected chi connectivity index (χ1v) is 5.95. The third-order valence-corrected chi connectivity index (χ3v) is 2.71. The molecule has 1 rings (SSSR count). The second-order valence-corrected chi connectivity index (χ2v) is 4.36. The van der Waals surface area contributed by atoms with Gasteiger partial charge < -0.3 is 11.1 Å². The molecule has 5 nitrogen and oxygen atoms in total. The summed E-state index contributed by atoms with van der Waals surface area (Å²) in [4.78, 5) is 24.1. The molecule has 7 heteroatoms. The van der Waals surface area contributed by atoms with Crippen LogP contribution in [0.25, 0.3) is 0 Å². The molecule has 98 valence electrons. The normalized spacial score (nSPS) is 10.0. The van der Waals surface area contributed by atoms with Gasteiger partial charge in [-0.25, -0.2) is 4.79 Å². The van der Waals surface area contributed by atoms with Gasteiger partial charge in [-0.3, -0.25) is 9.69 Å². The molecular weight excluding hydrogens is 277 g/mol. The first-order valence-electron chi connectivity index (χ1n) is 5.20. The summed E-state index contributed by atoms with van der Waals surface area (Å²) in [6.07, 6.45) is 0. The number of benzene rings is 1. The van der Waals surface area contributed by atoms with E-state index in [1.807, 2.05) is 0 Å². The average Bonchev–Trinajstić information content (AvgIpc) is 2.30. The van der Waals surface area contributed by atoms with Crippen LogP contribution < -0.4 is 11.1 Å². The maximum absolute atomic E-state index is 11.8. The molecule has 0 fully saturated rings. The number of hydrogen-bond acceptors (Lipinski definition) is 3. The smallest absolute Gasteiger partial charge is 0.328 e. The van der Waals surface area contributed by atoms with Crippen LogP contribution in [0.4, 0.5) is 10.5 Å². The molecule has 3 N–H and O–H groups in total. The summed E-state index contributed by atoms with van der Waals surface area (Å²) in [5.41, 5.74) is 5.68. The first kappa shape index (κ1) is 14.8. The Kier molecular flexibility index (Phi) is 5.40. The highest BCUT2D eigenvalue weighted by Crippen LogP contribution is 2.25. The molecule has 0 bridgehead atoms. The monoisotopic (exact) mass is 289 g/mol. The molecule has 0 aliphatic rings. The number of urea groups is 1. The molecule has 18 heavy (non-hydrogen) atoms. The Morgan fingerprint density at radius 1 is 1.39 bits per heavy atom. The zero-order valence-corrected chi connectivity index (χ0v) is 11.3. The van der Waals surface area contributed by atoms with Gasteiger partial charge in [0.15, 0.2) is 0 Å². The van der Waals surface area contributed by atoms with E-state index in [2.05, 4.69) is 5.32 Å². The van der Waals surface area contributed by atoms with Gasteiger partial charge in [-0.05, 0) is 18.2 Å². The lowest BCUT2D eigenvalue weighted by Gasteiger charge is -2.19. The SMILES string of the molecule is CC(=O)N(CCN)C(=O)Nc1cc(Cl)ccc1Cl. The van der Waals surface area contributed by atoms with Gasteiger partial charge in [0.05, 0.1) is 10.7 Å². The number of nitrogens with two attached hydrogens (primary N) is 1. The van der Waals surface area contributed by atoms with Gasteiger partial charge in [-0.2, -0.15) is 0 Å². The van der Waals surface area contributed by atoms with Crippen LogP contribution in [0.1, 0.15) is 6.92 Å². The van der Waals surface area contributed by atoms with Crippen molar-refractivity contribution in [3.63, 3.8) is 0 Å². The quantitative estimate of drug-likeness (QED) is 0.897. The molecule has 0 heterocycles. The fourth-order valence-corrected chi connectivity index (χ4v) is 1.64. The molecule has 0 aromatic heterocycles. The summed E-state index contributed by atoms with van der Waals surface area (Å²) >= 11 is 11.7. The van der Waals surface area contributed by atoms with E-state index < -0.39 is 11.9 Å². The number of hydrogen-bond donors (Lipinski definition) is 2. The van der Waals surface area contributed by atoms with E-state index >= 15 is 0 Å². The Bertz CT molecular complexity index is 466. The number of amides is 3. The molecule has 0 radical (unpaired) electrons. The van der Waals surface area contributed by atoms with E-state index in [9.17, 15) is 9.59 Å². The Hall–Kier alpha value is -1.30. The van der Waals surface area contributed by atoms with E-state index in [1.54, 1.807) is 12.1 Å². The molecule has 0 saturated heterocycles. The molecule has 1 aromatic rings. The van der Waals surface area contributed by atoms with Gasteiger partial charge in [0.2, 0.25) is 5.91 Å². The summed E-state index contributed by atoms with van der Waals surface area (Å²) in [7, 11) is 0. The van der Waals surface area contributed by atoms with E-state index in [-0.39, 0.29) is 13.1 Å². The van der Waals surface area contributed by atoms with Gasteiger partial charge >= 0.3 is 6.03 Å². The molecule has 0 atom stereocenters. The topological polar surface area (TPSA) is 75.4 Å². The van der Waals surface area contributed by atoms with Crippen LogP contribution in [-0.2, 0) is 4.79 Å². The van der Waals surface area contributed by atoms with E-state index in [0.29, 0.717) is 15.7 Å². The van der Waals surface area contributed by atoms with Crippen molar-refractivity contribution in [3.05, 3.63) is 28.2 Å². The van der Waals surface area contributed by atoms with Crippen LogP contribution >= 0.6 is 23.2 Å². The molecule has 3 amide bonds. The van der Waals surface area contributed by atoms with Crippen molar-refractivity contribution in [1.29, 1.82) is 0 Å². The largest absolute Gasteiger partial charge is 0.329 e. The number of imide groups is 1. The van der Waals surface area contributed by atoms with Gasteiger partial charge in [0, 0.05) is 25.0 Å². The fraction of sp³-hybridized carbons (Fsp3) is 0.273. The Balaban J connectivity index is 2.85. The summed E-state index contributed by atoms with van der Waals surface area (Å²) in [5, 5.41) is 3.28. The molecule has 0 unspecified atom stereocenters. The van der Waals surface area contributed by atoms with Crippen molar-refractivity contribution in [1.82, 2.24) is 4.90 Å². The second kappa shape index (κ2) is 6.58. The molecule has 1 aromatic carbocycles. The highest BCUT2D eigenvalue weighted by Gasteiger charge is 2.17. The fourth-order valence-electron chi connectivity index (χ4n) is 1.31. The number of carbonyl (C=O) groups excluding carboxylic acids is 2. The van der Waals surface area contributed by atoms with Gasteiger partial charge in [0.25, 0.3) is 0 Å². The number of anilines is 1. The Morgan fingerprint density at radius 2 is 2.06 bits per heavy atom. The van der Waals surface area contributed by atoms with Crippen LogP contribution in [0.15, 0.2) is 18.2 Å². The molecule has 0 saturated carbocycles. The van der Waals surface area contributed by atoms with Crippen molar-refractivity contribution in [2.24, 2.45) is 5.73 Å². The van der Waals surface area contributed by atoms with E-state index in [0.717, 1.165) is 4.90 Å². The highest BCUT2D eigenvalue weighted by molar-refractivity contribution is 6.35. The predicted octanol–water partition coefficient (Wildman–Crippen LogP) is 2.33. The van der Waals surface area contributed by atoms with Crippen molar-refractivity contribution in [3.8, 4) is 0 Å². The van der Waals surface area contributed by atoms with E-state index in [1.165, 1.54) is 13.0 Å². The van der Waals surface area contributed by atoms with Gasteiger partial charge in [-0.1, -0.05) is 23.2 Å². The minimum absolute atomic E-state index is 0.138. The third-order valence-electron chi connectivity index (χ3n) is 2.15. The zero-order chi connectivity index (χ0) is 13.7. The van der Waals surface area contributed by atoms with Crippen LogP contribution in [0.3, 0.4) is 0 Å². The van der Waals surface area contributed by atoms with E-state index in [4.69, 9.17) is 28.9 Å². The van der Waals surface area contributed by atoms with Gasteiger partial charge in [-0.15, -0.1) is 0 Å². The highest BCUT2D eigenvalue weighted by atomic mass is 35.5. The summed E-state index contributed by atoms with van der Waals surface area (Å²) in [6.45, 7) is 1.62. The van der Waals surface area contributed by atoms with Crippen molar-refractivity contribution in [2.45, 2.75) is 6.92 Å². The summed E-state index contributed by atoms with van der Waals surface area (Å²) in [5.74, 6) is -0.392. The summed E-state index contributed by atoms with van der Waals surface area (Å²) < 4.78 is 0. The lowest BCUT2D eigenvalue weighted by molar-refractivity contribution is -0.125. The van der Waals surface area contributed by atoms with Crippen molar-refractivity contribution in [2.75, 3.05) is 18.4 Å². The zero-order valence-electron chi connectivity index (χ0n) is 9.74. The van der Waals surface area contributed by atoms with Gasteiger partial charge in [0.1, 0.15) is 0 Å². The first-order chi connectivity index (χ1) is 8.45. The molecule has 0 spiro atoms. The summed E-state index contributed by atoms with van der Waals surface area (Å²) in [6, 6.07) is 4.07. The standard InChI is InChI=1S/C11H13Cl2N3O2/c1-7(17)16(5-4-14)11(18)15-10-6-8(12)2-3-9(10)13/h2-3,6H,4-5,14H2,1H3,(H,15,18). The average molecular weight is 290 g/mol. The molecule has 0 aliphatic heterocycles.